The predicted molar refractivity (Wildman–Crippen MR) is 72.1 cm³/mol. The van der Waals surface area contributed by atoms with Gasteiger partial charge in [-0.1, -0.05) is 6.07 Å². The van der Waals surface area contributed by atoms with Gasteiger partial charge in [0.05, 0.1) is 6.10 Å². The highest BCUT2D eigenvalue weighted by Crippen LogP contribution is 2.22. The first-order chi connectivity index (χ1) is 8.97. The van der Waals surface area contributed by atoms with Crippen molar-refractivity contribution in [1.29, 1.82) is 0 Å². The Balaban J connectivity index is 2.17. The van der Waals surface area contributed by atoms with Crippen LogP contribution in [0.1, 0.15) is 16.8 Å². The number of likely N-dealkylation sites (tertiary alicyclic amines) is 1. The number of carbonyl (C=O) groups is 1. The molecule has 1 fully saturated rings. The van der Waals surface area contributed by atoms with Crippen LogP contribution in [0, 0.1) is 0 Å². The maximum Gasteiger partial charge on any atom is 0.254 e. The molecule has 5 nitrogen and oxygen atoms in total. The van der Waals surface area contributed by atoms with Gasteiger partial charge in [-0.2, -0.15) is 0 Å². The van der Waals surface area contributed by atoms with Crippen LogP contribution < -0.4 is 0 Å². The molecule has 1 amide bonds. The zero-order valence-corrected chi connectivity index (χ0v) is 11.3. The Bertz CT molecular complexity index is 462. The van der Waals surface area contributed by atoms with E-state index in [1.807, 2.05) is 19.0 Å². The summed E-state index contributed by atoms with van der Waals surface area (Å²) in [5.41, 5.74) is 0.456. The predicted octanol–water partition coefficient (Wildman–Crippen LogP) is 0.529. The lowest BCUT2D eigenvalue weighted by Crippen LogP contribution is -2.41. The van der Waals surface area contributed by atoms with Gasteiger partial charge in [0.15, 0.2) is 0 Å². The first kappa shape index (κ1) is 13.8. The normalized spacial score (nSPS) is 23.1. The number of phenols is 1. The van der Waals surface area contributed by atoms with E-state index in [1.165, 1.54) is 12.1 Å². The van der Waals surface area contributed by atoms with Gasteiger partial charge in [-0.3, -0.25) is 4.79 Å². The van der Waals surface area contributed by atoms with Gasteiger partial charge >= 0.3 is 0 Å². The summed E-state index contributed by atoms with van der Waals surface area (Å²) < 4.78 is 0. The van der Waals surface area contributed by atoms with Crippen LogP contribution in [-0.2, 0) is 0 Å². The minimum absolute atomic E-state index is 0.0137. The van der Waals surface area contributed by atoms with E-state index in [0.29, 0.717) is 18.5 Å². The Kier molecular flexibility index (Phi) is 4.07. The standard InChI is InChI=1S/C14H20N2O3/c1-15(2)8-11-7-13(18)9-16(11)14(19)10-4-3-5-12(17)6-10/h3-6,11,13,17-18H,7-9H2,1-2H3. The molecule has 19 heavy (non-hydrogen) atoms. The van der Waals surface area contributed by atoms with Crippen LogP contribution in [0.2, 0.25) is 0 Å². The molecule has 2 unspecified atom stereocenters. The number of rotatable bonds is 3. The molecule has 1 saturated heterocycles. The third kappa shape index (κ3) is 3.24. The van der Waals surface area contributed by atoms with E-state index in [2.05, 4.69) is 0 Å². The Labute approximate surface area is 113 Å². The van der Waals surface area contributed by atoms with Crippen molar-refractivity contribution in [2.24, 2.45) is 0 Å². The number of carbonyl (C=O) groups excluding carboxylic acids is 1. The first-order valence-electron chi connectivity index (χ1n) is 6.40. The second-order valence-corrected chi connectivity index (χ2v) is 5.31. The van der Waals surface area contributed by atoms with Crippen molar-refractivity contribution in [2.45, 2.75) is 18.6 Å². The molecule has 0 bridgehead atoms. The maximum absolute atomic E-state index is 12.4. The van der Waals surface area contributed by atoms with Gasteiger partial charge in [-0.05, 0) is 38.7 Å². The fraction of sp³-hybridized carbons (Fsp3) is 0.500. The number of hydrogen-bond acceptors (Lipinski definition) is 4. The lowest BCUT2D eigenvalue weighted by molar-refractivity contribution is 0.0698. The lowest BCUT2D eigenvalue weighted by atomic mass is 10.1. The molecule has 0 spiro atoms. The van der Waals surface area contributed by atoms with Crippen LogP contribution in [-0.4, -0.2) is 65.3 Å². The number of aliphatic hydroxyl groups excluding tert-OH is 1. The number of β-amino-alcohol motifs (C(OH)–C–C–N with tert-alkyl or cyclic N) is 1. The number of likely N-dealkylation sites (N-methyl/N-ethyl adjacent to an activating group) is 1. The van der Waals surface area contributed by atoms with Crippen LogP contribution >= 0.6 is 0 Å². The Hall–Kier alpha value is -1.59. The molecule has 1 aliphatic heterocycles. The number of nitrogens with zero attached hydrogens (tertiary/aromatic N) is 2. The molecule has 104 valence electrons. The third-order valence-corrected chi connectivity index (χ3v) is 3.32. The SMILES string of the molecule is CN(C)CC1CC(O)CN1C(=O)c1cccc(O)c1. The first-order valence-corrected chi connectivity index (χ1v) is 6.40. The molecular weight excluding hydrogens is 244 g/mol. The highest BCUT2D eigenvalue weighted by atomic mass is 16.3. The molecule has 2 N–H and O–H groups in total. The van der Waals surface area contributed by atoms with Gasteiger partial charge in [-0.25, -0.2) is 0 Å². The average Bonchev–Trinajstić information content (AvgIpc) is 2.68. The maximum atomic E-state index is 12.4. The van der Waals surface area contributed by atoms with Gasteiger partial charge in [-0.15, -0.1) is 0 Å². The average molecular weight is 264 g/mol. The van der Waals surface area contributed by atoms with Crippen LogP contribution in [0.3, 0.4) is 0 Å². The molecule has 1 aliphatic rings. The van der Waals surface area contributed by atoms with E-state index in [4.69, 9.17) is 0 Å². The molecule has 1 aromatic carbocycles. The molecule has 0 saturated carbocycles. The molecule has 2 atom stereocenters. The fourth-order valence-corrected chi connectivity index (χ4v) is 2.54. The number of aromatic hydroxyl groups is 1. The van der Waals surface area contributed by atoms with E-state index in [9.17, 15) is 15.0 Å². The monoisotopic (exact) mass is 264 g/mol. The minimum Gasteiger partial charge on any atom is -0.508 e. The molecule has 5 heteroatoms. The Morgan fingerprint density at radius 2 is 2.21 bits per heavy atom. The smallest absolute Gasteiger partial charge is 0.254 e. The summed E-state index contributed by atoms with van der Waals surface area (Å²) in [7, 11) is 3.89. The van der Waals surface area contributed by atoms with Gasteiger partial charge in [0, 0.05) is 24.7 Å². The van der Waals surface area contributed by atoms with Crippen molar-refractivity contribution in [3.05, 3.63) is 29.8 Å². The topological polar surface area (TPSA) is 64.0 Å². The summed E-state index contributed by atoms with van der Waals surface area (Å²) >= 11 is 0. The Morgan fingerprint density at radius 1 is 1.47 bits per heavy atom. The van der Waals surface area contributed by atoms with Gasteiger partial charge in [0.2, 0.25) is 0 Å². The zero-order valence-electron chi connectivity index (χ0n) is 11.3. The number of aliphatic hydroxyl groups is 1. The summed E-state index contributed by atoms with van der Waals surface area (Å²) in [6, 6.07) is 6.34. The molecule has 2 rings (SSSR count). The summed E-state index contributed by atoms with van der Waals surface area (Å²) in [6.07, 6.45) is 0.133. The van der Waals surface area contributed by atoms with E-state index >= 15 is 0 Å². The van der Waals surface area contributed by atoms with E-state index in [0.717, 1.165) is 6.54 Å². The summed E-state index contributed by atoms with van der Waals surface area (Å²) in [5.74, 6) is -0.0611. The van der Waals surface area contributed by atoms with Crippen molar-refractivity contribution in [3.63, 3.8) is 0 Å². The molecule has 0 radical (unpaired) electrons. The van der Waals surface area contributed by atoms with Crippen molar-refractivity contribution >= 4 is 5.91 Å². The fourth-order valence-electron chi connectivity index (χ4n) is 2.54. The molecule has 0 aromatic heterocycles. The quantitative estimate of drug-likeness (QED) is 0.836. The zero-order chi connectivity index (χ0) is 14.0. The number of benzene rings is 1. The Morgan fingerprint density at radius 3 is 2.84 bits per heavy atom. The highest BCUT2D eigenvalue weighted by Gasteiger charge is 2.34. The number of phenolic OH excluding ortho intramolecular Hbond substituents is 1. The van der Waals surface area contributed by atoms with Crippen molar-refractivity contribution in [1.82, 2.24) is 9.80 Å². The van der Waals surface area contributed by atoms with E-state index in [-0.39, 0.29) is 17.7 Å². The number of hydrogen-bond donors (Lipinski definition) is 2. The largest absolute Gasteiger partial charge is 0.508 e. The molecular formula is C14H20N2O3. The van der Waals surface area contributed by atoms with Gasteiger partial charge in [0.1, 0.15) is 5.75 Å². The molecule has 1 aromatic rings. The van der Waals surface area contributed by atoms with E-state index in [1.54, 1.807) is 17.0 Å². The van der Waals surface area contributed by atoms with Crippen LogP contribution in [0.25, 0.3) is 0 Å². The third-order valence-electron chi connectivity index (χ3n) is 3.32. The molecule has 0 aliphatic carbocycles. The van der Waals surface area contributed by atoms with Crippen molar-refractivity contribution < 1.29 is 15.0 Å². The minimum atomic E-state index is -0.466. The van der Waals surface area contributed by atoms with Crippen LogP contribution in [0.5, 0.6) is 5.75 Å². The van der Waals surface area contributed by atoms with E-state index < -0.39 is 6.10 Å². The van der Waals surface area contributed by atoms with Gasteiger partial charge in [0.25, 0.3) is 5.91 Å². The molecule has 1 heterocycles. The number of amides is 1. The summed E-state index contributed by atoms with van der Waals surface area (Å²) in [6.45, 7) is 1.08. The van der Waals surface area contributed by atoms with Crippen LogP contribution in [0.15, 0.2) is 24.3 Å². The summed E-state index contributed by atoms with van der Waals surface area (Å²) in [4.78, 5) is 16.1. The lowest BCUT2D eigenvalue weighted by Gasteiger charge is -2.26. The van der Waals surface area contributed by atoms with Crippen molar-refractivity contribution in [3.8, 4) is 5.75 Å². The van der Waals surface area contributed by atoms with Crippen molar-refractivity contribution in [2.75, 3.05) is 27.2 Å². The van der Waals surface area contributed by atoms with Gasteiger partial charge < -0.3 is 20.0 Å². The van der Waals surface area contributed by atoms with Crippen LogP contribution in [0.4, 0.5) is 0 Å². The highest BCUT2D eigenvalue weighted by molar-refractivity contribution is 5.95. The second-order valence-electron chi connectivity index (χ2n) is 5.31. The summed E-state index contributed by atoms with van der Waals surface area (Å²) in [5, 5.41) is 19.2. The second kappa shape index (κ2) is 5.59.